The summed E-state index contributed by atoms with van der Waals surface area (Å²) in [4.78, 5) is 25.9. The van der Waals surface area contributed by atoms with Gasteiger partial charge in [0.1, 0.15) is 0 Å². The van der Waals surface area contributed by atoms with Crippen molar-refractivity contribution in [3.63, 3.8) is 0 Å². The lowest BCUT2D eigenvalue weighted by atomic mass is 10.0. The molecule has 0 aliphatic carbocycles. The van der Waals surface area contributed by atoms with Gasteiger partial charge in [0, 0.05) is 92.4 Å². The molecule has 3 aliphatic heterocycles. The lowest BCUT2D eigenvalue weighted by Gasteiger charge is -2.39. The molecule has 2 aromatic heterocycles. The van der Waals surface area contributed by atoms with E-state index in [1.54, 1.807) is 30.6 Å². The maximum atomic E-state index is 13.2. The molecular weight excluding hydrogens is 438 g/mol. The van der Waals surface area contributed by atoms with Gasteiger partial charge in [0.05, 0.1) is 10.8 Å². The summed E-state index contributed by atoms with van der Waals surface area (Å²) in [6.45, 7) is 3.89. The van der Waals surface area contributed by atoms with Crippen LogP contribution in [0.3, 0.4) is 0 Å². The van der Waals surface area contributed by atoms with E-state index in [1.165, 1.54) is 9.99 Å². The summed E-state index contributed by atoms with van der Waals surface area (Å²) in [5.41, 5.74) is 1.18. The van der Waals surface area contributed by atoms with Crippen LogP contribution in [0.2, 0.25) is 0 Å². The molecule has 33 heavy (non-hydrogen) atoms. The molecule has 6 rings (SSSR count). The number of carbonyl (C=O) groups excluding carboxylic acids is 1. The third kappa shape index (κ3) is 3.46. The molecule has 170 valence electrons. The first-order valence-electron chi connectivity index (χ1n) is 11.3. The average Bonchev–Trinajstić information content (AvgIpc) is 3.38. The van der Waals surface area contributed by atoms with Gasteiger partial charge in [-0.2, -0.15) is 4.31 Å². The van der Waals surface area contributed by atoms with Gasteiger partial charge in [0.15, 0.2) is 0 Å². The van der Waals surface area contributed by atoms with Crippen LogP contribution in [-0.4, -0.2) is 72.8 Å². The zero-order valence-electron chi connectivity index (χ0n) is 18.1. The molecule has 2 atom stereocenters. The molecule has 3 fully saturated rings. The summed E-state index contributed by atoms with van der Waals surface area (Å²) in [7, 11) is -3.65. The van der Waals surface area contributed by atoms with Gasteiger partial charge in [0.2, 0.25) is 15.9 Å². The number of hydrogen-bond donors (Lipinski definition) is 0. The Morgan fingerprint density at radius 3 is 2.27 bits per heavy atom. The molecule has 0 saturated carbocycles. The second kappa shape index (κ2) is 7.78. The summed E-state index contributed by atoms with van der Waals surface area (Å²) in [6, 6.07) is 11.0. The molecule has 0 N–H and O–H groups in total. The summed E-state index contributed by atoms with van der Waals surface area (Å²) in [6.07, 6.45) is 6.89. The highest BCUT2D eigenvalue weighted by Gasteiger charge is 2.47. The van der Waals surface area contributed by atoms with Gasteiger partial charge in [-0.15, -0.1) is 0 Å². The number of carbonyl (C=O) groups is 1. The van der Waals surface area contributed by atoms with Crippen LogP contribution in [0.25, 0.3) is 10.8 Å². The molecule has 3 aliphatic rings. The van der Waals surface area contributed by atoms with Gasteiger partial charge in [-0.3, -0.25) is 14.8 Å². The molecule has 3 saturated heterocycles. The number of benzene rings is 1. The fourth-order valence-electron chi connectivity index (χ4n) is 5.44. The van der Waals surface area contributed by atoms with Crippen molar-refractivity contribution < 1.29 is 13.2 Å². The first kappa shape index (κ1) is 20.6. The Morgan fingerprint density at radius 2 is 1.55 bits per heavy atom. The molecule has 0 bridgehead atoms. The number of nitrogens with zero attached hydrogens (tertiary/aromatic N) is 5. The number of hydrogen-bond acceptors (Lipinski definition) is 6. The van der Waals surface area contributed by atoms with Crippen LogP contribution in [-0.2, 0) is 14.8 Å². The summed E-state index contributed by atoms with van der Waals surface area (Å²) in [5.74, 6) is 0.762. The normalized spacial score (nSPS) is 23.6. The minimum absolute atomic E-state index is 0.0911. The van der Waals surface area contributed by atoms with Gasteiger partial charge >= 0.3 is 0 Å². The molecule has 9 heteroatoms. The fraction of sp³-hybridized carbons (Fsp3) is 0.375. The number of pyridine rings is 2. The largest absolute Gasteiger partial charge is 0.371 e. The van der Waals surface area contributed by atoms with Gasteiger partial charge in [0.25, 0.3) is 0 Å². The summed E-state index contributed by atoms with van der Waals surface area (Å²) < 4.78 is 27.9. The van der Waals surface area contributed by atoms with Crippen LogP contribution in [0.5, 0.6) is 0 Å². The molecule has 0 unspecified atom stereocenters. The highest BCUT2D eigenvalue weighted by Crippen LogP contribution is 2.36. The van der Waals surface area contributed by atoms with Crippen molar-refractivity contribution in [3.05, 3.63) is 61.2 Å². The van der Waals surface area contributed by atoms with Gasteiger partial charge in [-0.25, -0.2) is 8.42 Å². The van der Waals surface area contributed by atoms with Crippen LogP contribution in [0.15, 0.2) is 66.1 Å². The van der Waals surface area contributed by atoms with E-state index in [-0.39, 0.29) is 29.8 Å². The lowest BCUT2D eigenvalue weighted by molar-refractivity contribution is -0.138. The number of anilines is 1. The molecule has 1 amide bonds. The van der Waals surface area contributed by atoms with Crippen LogP contribution in [0, 0.1) is 17.8 Å². The van der Waals surface area contributed by atoms with E-state index >= 15 is 0 Å². The standard InChI is InChI=1S/C24H25N5O3S/c30-24(28-13-18-11-27(12-19(18)14-28)21-4-7-25-8-5-21)20-15-29(16-20)33(31,32)23-3-1-2-17-10-26-9-6-22(17)23/h1-10,18-20H,11-16H2/t18-,19+. The quantitative estimate of drug-likeness (QED) is 0.587. The van der Waals surface area contributed by atoms with Crippen molar-refractivity contribution in [2.75, 3.05) is 44.2 Å². The molecule has 1 aromatic carbocycles. The van der Waals surface area contributed by atoms with Gasteiger partial charge in [-0.1, -0.05) is 12.1 Å². The maximum absolute atomic E-state index is 13.2. The van der Waals surface area contributed by atoms with Crippen LogP contribution < -0.4 is 4.90 Å². The average molecular weight is 464 g/mol. The second-order valence-electron chi connectivity index (χ2n) is 9.25. The topological polar surface area (TPSA) is 86.7 Å². The van der Waals surface area contributed by atoms with Crippen molar-refractivity contribution in [2.45, 2.75) is 4.90 Å². The molecular formula is C24H25N5O3S. The van der Waals surface area contributed by atoms with E-state index in [9.17, 15) is 13.2 Å². The first-order valence-corrected chi connectivity index (χ1v) is 12.7. The smallest absolute Gasteiger partial charge is 0.243 e. The Hall–Kier alpha value is -3.04. The first-order chi connectivity index (χ1) is 16.0. The lowest BCUT2D eigenvalue weighted by Crippen LogP contribution is -2.56. The Kier molecular flexibility index (Phi) is 4.84. The third-order valence-corrected chi connectivity index (χ3v) is 9.17. The van der Waals surface area contributed by atoms with E-state index in [4.69, 9.17) is 0 Å². The fourth-order valence-corrected chi connectivity index (χ4v) is 7.19. The molecule has 3 aromatic rings. The van der Waals surface area contributed by atoms with Crippen molar-refractivity contribution in [1.29, 1.82) is 0 Å². The monoisotopic (exact) mass is 463 g/mol. The van der Waals surface area contributed by atoms with E-state index in [0.717, 1.165) is 31.6 Å². The number of likely N-dealkylation sites (tertiary alicyclic amines) is 1. The van der Waals surface area contributed by atoms with Crippen molar-refractivity contribution in [1.82, 2.24) is 19.2 Å². The zero-order valence-corrected chi connectivity index (χ0v) is 18.9. The van der Waals surface area contributed by atoms with Crippen molar-refractivity contribution >= 4 is 32.4 Å². The summed E-state index contributed by atoms with van der Waals surface area (Å²) >= 11 is 0. The van der Waals surface area contributed by atoms with E-state index < -0.39 is 10.0 Å². The van der Waals surface area contributed by atoms with Crippen molar-refractivity contribution in [2.24, 2.45) is 17.8 Å². The number of sulfonamides is 1. The van der Waals surface area contributed by atoms with Gasteiger partial charge < -0.3 is 9.80 Å². The van der Waals surface area contributed by atoms with E-state index in [2.05, 4.69) is 14.9 Å². The minimum atomic E-state index is -3.65. The Balaban J connectivity index is 1.09. The minimum Gasteiger partial charge on any atom is -0.371 e. The number of rotatable bonds is 4. The number of fused-ring (bicyclic) bond motifs is 2. The number of aromatic nitrogens is 2. The van der Waals surface area contributed by atoms with Crippen molar-refractivity contribution in [3.8, 4) is 0 Å². The highest BCUT2D eigenvalue weighted by molar-refractivity contribution is 7.89. The van der Waals surface area contributed by atoms with Crippen LogP contribution in [0.1, 0.15) is 0 Å². The highest BCUT2D eigenvalue weighted by atomic mass is 32.2. The molecule has 8 nitrogen and oxygen atoms in total. The zero-order chi connectivity index (χ0) is 22.6. The third-order valence-electron chi connectivity index (χ3n) is 7.28. The molecule has 5 heterocycles. The number of amides is 1. The summed E-state index contributed by atoms with van der Waals surface area (Å²) in [5, 5.41) is 1.45. The SMILES string of the molecule is O=C(C1CN(S(=O)(=O)c2cccc3cnccc23)C1)N1C[C@@H]2CN(c3ccncc3)C[C@@H]2C1. The van der Waals surface area contributed by atoms with Crippen LogP contribution in [0.4, 0.5) is 5.69 Å². The maximum Gasteiger partial charge on any atom is 0.243 e. The van der Waals surface area contributed by atoms with E-state index in [0.29, 0.717) is 17.2 Å². The predicted octanol–water partition coefficient (Wildman–Crippen LogP) is 1.85. The molecule has 0 radical (unpaired) electrons. The van der Waals surface area contributed by atoms with Crippen LogP contribution >= 0.6 is 0 Å². The predicted molar refractivity (Wildman–Crippen MR) is 124 cm³/mol. The Bertz CT molecular complexity index is 1290. The van der Waals surface area contributed by atoms with Gasteiger partial charge in [-0.05, 0) is 24.3 Å². The van der Waals surface area contributed by atoms with E-state index in [1.807, 2.05) is 35.5 Å². The second-order valence-corrected chi connectivity index (χ2v) is 11.2. The molecule has 0 spiro atoms. The Labute approximate surface area is 192 Å². The Morgan fingerprint density at radius 1 is 0.848 bits per heavy atom.